The molecule has 3 aromatic heterocycles. The molecule has 0 saturated carbocycles. The number of hydrogen-bond acceptors (Lipinski definition) is 9. The van der Waals surface area contributed by atoms with E-state index in [0.717, 1.165) is 52.3 Å². The lowest BCUT2D eigenvalue weighted by Gasteiger charge is -2.32. The Hall–Kier alpha value is -4.09. The molecule has 4 heterocycles. The smallest absolute Gasteiger partial charge is 0.287 e. The maximum Gasteiger partial charge on any atom is 0.287 e. The summed E-state index contributed by atoms with van der Waals surface area (Å²) in [7, 11) is -4.07. The molecule has 5 aromatic rings. The van der Waals surface area contributed by atoms with Crippen LogP contribution in [0.1, 0.15) is 18.4 Å². The van der Waals surface area contributed by atoms with Crippen LogP contribution in [0.5, 0.6) is 0 Å². The Kier molecular flexibility index (Phi) is 5.73. The molecule has 1 aliphatic heterocycles. The molecule has 1 aliphatic rings. The van der Waals surface area contributed by atoms with Crippen LogP contribution in [0.2, 0.25) is 0 Å². The summed E-state index contributed by atoms with van der Waals surface area (Å²) in [6.07, 6.45) is 5.85. The number of pyridine rings is 1. The zero-order valence-corrected chi connectivity index (χ0v) is 20.9. The Labute approximate surface area is 213 Å². The minimum Gasteiger partial charge on any atom is -0.393 e. The van der Waals surface area contributed by atoms with Crippen molar-refractivity contribution in [3.8, 4) is 0 Å². The first kappa shape index (κ1) is 23.3. The van der Waals surface area contributed by atoms with Crippen LogP contribution in [0.3, 0.4) is 0 Å². The number of fused-ring (bicyclic) bond motifs is 2. The third-order valence-electron chi connectivity index (χ3n) is 6.64. The summed E-state index contributed by atoms with van der Waals surface area (Å²) in [6, 6.07) is 14.6. The van der Waals surface area contributed by atoms with Gasteiger partial charge in [-0.05, 0) is 55.7 Å². The number of benzene rings is 2. The molecule has 1 fully saturated rings. The minimum atomic E-state index is -4.07. The number of hydrogen-bond donors (Lipinski definition) is 2. The minimum absolute atomic E-state index is 0.0557. The summed E-state index contributed by atoms with van der Waals surface area (Å²) in [5, 5.41) is 18.3. The molecule has 2 aromatic carbocycles. The van der Waals surface area contributed by atoms with Crippen LogP contribution in [-0.2, 0) is 10.0 Å². The summed E-state index contributed by atoms with van der Waals surface area (Å²) in [5.41, 5.74) is 3.54. The maximum atomic E-state index is 13.6. The summed E-state index contributed by atoms with van der Waals surface area (Å²) in [5.74, 6) is 0.258. The average molecular weight is 516 g/mol. The normalized spacial score (nSPS) is 14.9. The van der Waals surface area contributed by atoms with Crippen LogP contribution in [0.15, 0.2) is 72.0 Å². The van der Waals surface area contributed by atoms with E-state index in [2.05, 4.69) is 30.3 Å². The summed E-state index contributed by atoms with van der Waals surface area (Å²) < 4.78 is 28.1. The molecule has 6 rings (SSSR count). The van der Waals surface area contributed by atoms with Crippen molar-refractivity contribution in [2.24, 2.45) is 0 Å². The second kappa shape index (κ2) is 9.09. The molecule has 0 amide bonds. The molecular formula is C26H25N7O3S. The monoisotopic (exact) mass is 515 g/mol. The highest BCUT2D eigenvalue weighted by atomic mass is 32.2. The van der Waals surface area contributed by atoms with Gasteiger partial charge >= 0.3 is 0 Å². The number of aryl methyl sites for hydroxylation is 1. The lowest BCUT2D eigenvalue weighted by molar-refractivity contribution is 0.145. The molecule has 0 aliphatic carbocycles. The Balaban J connectivity index is 1.32. The average Bonchev–Trinajstić information content (AvgIpc) is 3.33. The molecule has 0 radical (unpaired) electrons. The Bertz CT molecular complexity index is 1720. The number of para-hydroxylation sites is 1. The van der Waals surface area contributed by atoms with Gasteiger partial charge in [-0.25, -0.2) is 4.98 Å². The van der Waals surface area contributed by atoms with E-state index in [1.807, 2.05) is 37.3 Å². The summed E-state index contributed by atoms with van der Waals surface area (Å²) in [4.78, 5) is 15.5. The van der Waals surface area contributed by atoms with E-state index in [1.54, 1.807) is 24.5 Å². The number of aliphatic hydroxyl groups excluding tert-OH is 1. The zero-order chi connectivity index (χ0) is 25.6. The van der Waals surface area contributed by atoms with Crippen molar-refractivity contribution in [1.29, 1.82) is 0 Å². The van der Waals surface area contributed by atoms with Crippen LogP contribution >= 0.6 is 0 Å². The van der Waals surface area contributed by atoms with E-state index in [-0.39, 0.29) is 22.6 Å². The predicted octanol–water partition coefficient (Wildman–Crippen LogP) is 3.62. The highest BCUT2D eigenvalue weighted by molar-refractivity contribution is 7.90. The lowest BCUT2D eigenvalue weighted by atomic mass is 10.1. The van der Waals surface area contributed by atoms with Crippen LogP contribution in [0, 0.1) is 6.92 Å². The van der Waals surface area contributed by atoms with Gasteiger partial charge in [-0.3, -0.25) is 4.98 Å². The predicted molar refractivity (Wildman–Crippen MR) is 142 cm³/mol. The first-order valence-corrected chi connectivity index (χ1v) is 13.4. The van der Waals surface area contributed by atoms with E-state index in [4.69, 9.17) is 0 Å². The van der Waals surface area contributed by atoms with Crippen LogP contribution in [0.25, 0.3) is 21.9 Å². The van der Waals surface area contributed by atoms with Gasteiger partial charge in [0.05, 0.1) is 23.2 Å². The van der Waals surface area contributed by atoms with Gasteiger partial charge in [-0.2, -0.15) is 18.5 Å². The maximum absolute atomic E-state index is 13.6. The van der Waals surface area contributed by atoms with Crippen molar-refractivity contribution in [1.82, 2.24) is 24.1 Å². The third-order valence-corrected chi connectivity index (χ3v) is 8.25. The molecule has 188 valence electrons. The molecule has 0 bridgehead atoms. The number of nitrogens with zero attached hydrogens (tertiary/aromatic N) is 6. The van der Waals surface area contributed by atoms with Gasteiger partial charge in [0.2, 0.25) is 5.95 Å². The highest BCUT2D eigenvalue weighted by Crippen LogP contribution is 2.29. The number of piperidine rings is 1. The summed E-state index contributed by atoms with van der Waals surface area (Å²) in [6.45, 7) is 3.67. The molecule has 0 atom stereocenters. The van der Waals surface area contributed by atoms with Crippen LogP contribution in [-0.4, -0.2) is 56.9 Å². The topological polar surface area (TPSA) is 126 Å². The fraction of sp³-hybridized carbons (Fsp3) is 0.231. The second-order valence-electron chi connectivity index (χ2n) is 9.14. The Morgan fingerprint density at radius 3 is 2.62 bits per heavy atom. The van der Waals surface area contributed by atoms with Crippen molar-refractivity contribution >= 4 is 49.3 Å². The Morgan fingerprint density at radius 1 is 1.00 bits per heavy atom. The van der Waals surface area contributed by atoms with Gasteiger partial charge in [-0.15, -0.1) is 4.09 Å². The van der Waals surface area contributed by atoms with Gasteiger partial charge in [0.25, 0.3) is 10.0 Å². The van der Waals surface area contributed by atoms with Crippen molar-refractivity contribution in [3.05, 3.63) is 72.7 Å². The molecule has 11 heteroatoms. The molecule has 1 saturated heterocycles. The van der Waals surface area contributed by atoms with Crippen LogP contribution < -0.4 is 10.2 Å². The standard InChI is InChI=1S/C26H25N7O3S/c1-17-14-20(7-8-22(17)32-12-9-21(34)10-13-32)30-26-28-15-19-16-29-33(25(19)31-26)37(35,36)23-6-2-4-18-5-3-11-27-24(18)23/h2-8,11,14-16,21,34H,9-10,12-13H2,1H3,(H,28,30,31). The summed E-state index contributed by atoms with van der Waals surface area (Å²) >= 11 is 0. The van der Waals surface area contributed by atoms with E-state index < -0.39 is 10.0 Å². The van der Waals surface area contributed by atoms with E-state index in [0.29, 0.717) is 10.9 Å². The van der Waals surface area contributed by atoms with Gasteiger partial charge in [-0.1, -0.05) is 18.2 Å². The van der Waals surface area contributed by atoms with Gasteiger partial charge in [0.15, 0.2) is 5.65 Å². The van der Waals surface area contributed by atoms with Crippen molar-refractivity contribution in [2.75, 3.05) is 23.3 Å². The second-order valence-corrected chi connectivity index (χ2v) is 10.9. The van der Waals surface area contributed by atoms with Crippen molar-refractivity contribution in [3.63, 3.8) is 0 Å². The molecular weight excluding hydrogens is 490 g/mol. The molecule has 2 N–H and O–H groups in total. The van der Waals surface area contributed by atoms with Gasteiger partial charge in [0, 0.05) is 42.2 Å². The molecule has 10 nitrogen and oxygen atoms in total. The Morgan fingerprint density at radius 2 is 1.81 bits per heavy atom. The number of aliphatic hydroxyl groups is 1. The molecule has 37 heavy (non-hydrogen) atoms. The zero-order valence-electron chi connectivity index (χ0n) is 20.1. The quantitative estimate of drug-likeness (QED) is 0.361. The first-order chi connectivity index (χ1) is 17.9. The fourth-order valence-corrected chi connectivity index (χ4v) is 6.13. The third kappa shape index (κ3) is 4.25. The molecule has 0 spiro atoms. The van der Waals surface area contributed by atoms with E-state index >= 15 is 0 Å². The molecule has 0 unspecified atom stereocenters. The SMILES string of the molecule is Cc1cc(Nc2ncc3cnn(S(=O)(=O)c4cccc5cccnc45)c3n2)ccc1N1CCC(O)CC1. The number of aromatic nitrogens is 5. The largest absolute Gasteiger partial charge is 0.393 e. The van der Waals surface area contributed by atoms with Crippen molar-refractivity contribution < 1.29 is 13.5 Å². The first-order valence-electron chi connectivity index (χ1n) is 12.0. The fourth-order valence-electron chi connectivity index (χ4n) is 4.73. The van der Waals surface area contributed by atoms with Crippen LogP contribution in [0.4, 0.5) is 17.3 Å². The van der Waals surface area contributed by atoms with E-state index in [9.17, 15) is 13.5 Å². The lowest BCUT2D eigenvalue weighted by Crippen LogP contribution is -2.36. The number of rotatable bonds is 5. The van der Waals surface area contributed by atoms with Gasteiger partial charge in [0.1, 0.15) is 4.90 Å². The van der Waals surface area contributed by atoms with Gasteiger partial charge < -0.3 is 15.3 Å². The van der Waals surface area contributed by atoms with E-state index in [1.165, 1.54) is 12.3 Å². The number of nitrogens with one attached hydrogen (secondary N) is 1. The number of anilines is 3. The van der Waals surface area contributed by atoms with Crippen molar-refractivity contribution in [2.45, 2.75) is 30.8 Å². The highest BCUT2D eigenvalue weighted by Gasteiger charge is 2.25.